The van der Waals surface area contributed by atoms with Crippen molar-refractivity contribution in [1.82, 2.24) is 0 Å². The average Bonchev–Trinajstić information content (AvgIpc) is 1.85. The van der Waals surface area contributed by atoms with Crippen molar-refractivity contribution in [2.24, 2.45) is 22.9 Å². The van der Waals surface area contributed by atoms with Crippen LogP contribution < -0.4 is 22.9 Å². The Balaban J connectivity index is -0.000000101. The second kappa shape index (κ2) is 15.8. The number of urea groups is 2. The molecule has 0 rings (SSSR count). The van der Waals surface area contributed by atoms with Gasteiger partial charge < -0.3 is 22.9 Å². The first kappa shape index (κ1) is 16.3. The average molecular weight is 172 g/mol. The van der Waals surface area contributed by atoms with Gasteiger partial charge in [-0.15, -0.1) is 0 Å². The lowest BCUT2D eigenvalue weighted by Gasteiger charge is -1.62. The standard InChI is InChI=1S/C2N2.2CH4N2O/c3-1-2-4;2*2-1(3)4/h;2*(H4,2,3,4). The van der Waals surface area contributed by atoms with Crippen LogP contribution in [0.25, 0.3) is 0 Å². The van der Waals surface area contributed by atoms with Crippen LogP contribution in [0.5, 0.6) is 0 Å². The summed E-state index contributed by atoms with van der Waals surface area (Å²) in [5.41, 5.74) is 17.0. The summed E-state index contributed by atoms with van der Waals surface area (Å²) in [5, 5.41) is 14.5. The number of carbonyl (C=O) groups excluding carboxylic acids is 2. The maximum Gasteiger partial charge on any atom is 0.309 e. The molecule has 0 radical (unpaired) electrons. The van der Waals surface area contributed by atoms with Gasteiger partial charge in [-0.1, -0.05) is 0 Å². The molecule has 0 saturated carbocycles. The maximum absolute atomic E-state index is 9.00. The number of rotatable bonds is 0. The zero-order chi connectivity index (χ0) is 10.6. The van der Waals surface area contributed by atoms with Gasteiger partial charge in [0.25, 0.3) is 0 Å². The second-order valence-electron chi connectivity index (χ2n) is 1.03. The molecule has 0 saturated heterocycles. The van der Waals surface area contributed by atoms with Crippen LogP contribution in [0.15, 0.2) is 0 Å². The lowest BCUT2D eigenvalue weighted by atomic mass is 10.9. The van der Waals surface area contributed by atoms with E-state index in [0.717, 1.165) is 0 Å². The van der Waals surface area contributed by atoms with E-state index in [4.69, 9.17) is 20.1 Å². The first-order valence-corrected chi connectivity index (χ1v) is 2.26. The molecule has 0 aliphatic heterocycles. The molecule has 0 bridgehead atoms. The lowest BCUT2D eigenvalue weighted by Crippen LogP contribution is -2.18. The smallest absolute Gasteiger partial charge is 0.309 e. The highest BCUT2D eigenvalue weighted by Gasteiger charge is 1.61. The van der Waals surface area contributed by atoms with E-state index in [9.17, 15) is 0 Å². The molecule has 0 spiro atoms. The summed E-state index contributed by atoms with van der Waals surface area (Å²) in [6.07, 6.45) is 0. The summed E-state index contributed by atoms with van der Waals surface area (Å²) in [5.74, 6) is 0. The van der Waals surface area contributed by atoms with Gasteiger partial charge in [0.05, 0.1) is 0 Å². The van der Waals surface area contributed by atoms with Crippen LogP contribution in [0.2, 0.25) is 0 Å². The Hall–Kier alpha value is -2.48. The van der Waals surface area contributed by atoms with E-state index in [0.29, 0.717) is 0 Å². The van der Waals surface area contributed by atoms with E-state index in [1.165, 1.54) is 12.1 Å². The summed E-state index contributed by atoms with van der Waals surface area (Å²) >= 11 is 0. The highest BCUT2D eigenvalue weighted by atomic mass is 16.2. The zero-order valence-electron chi connectivity index (χ0n) is 6.02. The van der Waals surface area contributed by atoms with Gasteiger partial charge in [-0.25, -0.2) is 9.59 Å². The Morgan fingerprint density at radius 2 is 0.917 bits per heavy atom. The number of hydrogen-bond acceptors (Lipinski definition) is 4. The van der Waals surface area contributed by atoms with Crippen molar-refractivity contribution in [3.05, 3.63) is 0 Å². The molecule has 12 heavy (non-hydrogen) atoms. The number of hydrogen-bond donors (Lipinski definition) is 4. The van der Waals surface area contributed by atoms with Gasteiger partial charge in [0, 0.05) is 0 Å². The molecule has 0 heterocycles. The third-order valence-corrected chi connectivity index (χ3v) is 0.0500. The SMILES string of the molecule is N#CC#N.NC(N)=O.NC(N)=O. The van der Waals surface area contributed by atoms with Gasteiger partial charge >= 0.3 is 12.1 Å². The van der Waals surface area contributed by atoms with E-state index in [2.05, 4.69) is 22.9 Å². The summed E-state index contributed by atoms with van der Waals surface area (Å²) in [6.45, 7) is 0. The van der Waals surface area contributed by atoms with E-state index in [1.807, 2.05) is 0 Å². The molecule has 66 valence electrons. The van der Waals surface area contributed by atoms with Crippen LogP contribution in [-0.4, -0.2) is 12.1 Å². The summed E-state index contributed by atoms with van der Waals surface area (Å²) in [6, 6.07) is 0.806. The largest absolute Gasteiger partial charge is 0.352 e. The third-order valence-electron chi connectivity index (χ3n) is 0.0500. The molecular formula is C4H8N6O2. The van der Waals surface area contributed by atoms with Crippen molar-refractivity contribution in [3.8, 4) is 12.1 Å². The first-order valence-electron chi connectivity index (χ1n) is 2.26. The molecular weight excluding hydrogens is 164 g/mol. The number of nitriles is 2. The number of nitrogens with two attached hydrogens (primary N) is 4. The molecule has 0 aliphatic rings. The van der Waals surface area contributed by atoms with Crippen molar-refractivity contribution in [2.75, 3.05) is 0 Å². The fraction of sp³-hybridized carbons (Fsp3) is 0. The number of carbonyl (C=O) groups is 2. The van der Waals surface area contributed by atoms with Crippen LogP contribution in [0.3, 0.4) is 0 Å². The fourth-order valence-corrected chi connectivity index (χ4v) is 0. The Labute approximate surface area is 68.3 Å². The van der Waals surface area contributed by atoms with Gasteiger partial charge in [-0.2, -0.15) is 10.5 Å². The number of primary amides is 4. The van der Waals surface area contributed by atoms with Gasteiger partial charge in [0.2, 0.25) is 0 Å². The monoisotopic (exact) mass is 172 g/mol. The molecule has 0 aromatic heterocycles. The van der Waals surface area contributed by atoms with Crippen molar-refractivity contribution in [1.29, 1.82) is 10.5 Å². The highest BCUT2D eigenvalue weighted by Crippen LogP contribution is 1.27. The minimum atomic E-state index is -0.833. The van der Waals surface area contributed by atoms with Crippen LogP contribution in [0.4, 0.5) is 9.59 Å². The topological polar surface area (TPSA) is 186 Å². The molecule has 0 aromatic carbocycles. The summed E-state index contributed by atoms with van der Waals surface area (Å²) < 4.78 is 0. The predicted molar refractivity (Wildman–Crippen MR) is 38.8 cm³/mol. The van der Waals surface area contributed by atoms with Crippen molar-refractivity contribution in [3.63, 3.8) is 0 Å². The fourth-order valence-electron chi connectivity index (χ4n) is 0. The molecule has 8 nitrogen and oxygen atoms in total. The van der Waals surface area contributed by atoms with Crippen LogP contribution in [-0.2, 0) is 0 Å². The van der Waals surface area contributed by atoms with Crippen LogP contribution in [0.1, 0.15) is 0 Å². The minimum absolute atomic E-state index is 0.833. The molecule has 8 N–H and O–H groups in total. The maximum atomic E-state index is 9.00. The van der Waals surface area contributed by atoms with Crippen molar-refractivity contribution < 1.29 is 9.59 Å². The van der Waals surface area contributed by atoms with E-state index < -0.39 is 12.1 Å². The normalized spacial score (nSPS) is 4.83. The zero-order valence-corrected chi connectivity index (χ0v) is 6.02. The minimum Gasteiger partial charge on any atom is -0.352 e. The Kier molecular flexibility index (Phi) is 21.4. The highest BCUT2D eigenvalue weighted by molar-refractivity contribution is 5.69. The van der Waals surface area contributed by atoms with E-state index >= 15 is 0 Å². The number of amides is 4. The first-order chi connectivity index (χ1) is 5.38. The summed E-state index contributed by atoms with van der Waals surface area (Å²) in [7, 11) is 0. The van der Waals surface area contributed by atoms with Crippen LogP contribution >= 0.6 is 0 Å². The van der Waals surface area contributed by atoms with E-state index in [1.54, 1.807) is 0 Å². The Bertz CT molecular complexity index is 179. The molecule has 0 unspecified atom stereocenters. The summed E-state index contributed by atoms with van der Waals surface area (Å²) in [4.78, 5) is 18.0. The molecule has 8 heteroatoms. The van der Waals surface area contributed by atoms with Gasteiger partial charge in [0.15, 0.2) is 12.1 Å². The third kappa shape index (κ3) is 146. The molecule has 0 aromatic rings. The van der Waals surface area contributed by atoms with E-state index in [-0.39, 0.29) is 0 Å². The lowest BCUT2D eigenvalue weighted by molar-refractivity contribution is 0.255. The molecule has 0 fully saturated rings. The van der Waals surface area contributed by atoms with Crippen LogP contribution in [0, 0.1) is 22.7 Å². The Morgan fingerprint density at radius 3 is 0.917 bits per heavy atom. The van der Waals surface area contributed by atoms with Crippen molar-refractivity contribution in [2.45, 2.75) is 0 Å². The molecule has 4 amide bonds. The number of nitrogens with zero attached hydrogens (tertiary/aromatic N) is 2. The molecule has 0 aliphatic carbocycles. The Morgan fingerprint density at radius 1 is 0.833 bits per heavy atom. The predicted octanol–water partition coefficient (Wildman–Crippen LogP) is -1.92. The second-order valence-corrected chi connectivity index (χ2v) is 1.03. The molecule has 0 atom stereocenters. The van der Waals surface area contributed by atoms with Gasteiger partial charge in [0.1, 0.15) is 0 Å². The van der Waals surface area contributed by atoms with Crippen molar-refractivity contribution >= 4 is 12.1 Å². The van der Waals surface area contributed by atoms with Gasteiger partial charge in [-0.3, -0.25) is 0 Å². The van der Waals surface area contributed by atoms with Gasteiger partial charge in [-0.05, 0) is 0 Å². The quantitative estimate of drug-likeness (QED) is 0.331.